The molecule has 0 amide bonds. The molecule has 0 radical (unpaired) electrons. The molecular formula is C30H39F5O. The molecule has 0 aliphatic heterocycles. The van der Waals surface area contributed by atoms with E-state index in [4.69, 9.17) is 0 Å². The second kappa shape index (κ2) is 12.1. The Labute approximate surface area is 211 Å². The Morgan fingerprint density at radius 2 is 1.36 bits per heavy atom. The highest BCUT2D eigenvalue weighted by atomic mass is 19.4. The molecule has 0 N–H and O–H groups in total. The van der Waals surface area contributed by atoms with Crippen molar-refractivity contribution in [1.82, 2.24) is 0 Å². The number of rotatable bonds is 9. The Kier molecular flexibility index (Phi) is 9.16. The summed E-state index contributed by atoms with van der Waals surface area (Å²) in [5.74, 6) is -1.13. The summed E-state index contributed by atoms with van der Waals surface area (Å²) in [5, 5.41) is 0.206. The van der Waals surface area contributed by atoms with E-state index in [9.17, 15) is 22.0 Å². The van der Waals surface area contributed by atoms with Crippen molar-refractivity contribution in [2.75, 3.05) is 0 Å². The lowest BCUT2D eigenvalue weighted by Crippen LogP contribution is -2.19. The minimum atomic E-state index is -5.15. The summed E-state index contributed by atoms with van der Waals surface area (Å²) in [6.07, 6.45) is 13.0. The van der Waals surface area contributed by atoms with Gasteiger partial charge in [-0.2, -0.15) is 0 Å². The van der Waals surface area contributed by atoms with E-state index < -0.39 is 23.7 Å². The zero-order chi connectivity index (χ0) is 25.7. The van der Waals surface area contributed by atoms with Crippen LogP contribution in [0.3, 0.4) is 0 Å². The summed E-state index contributed by atoms with van der Waals surface area (Å²) < 4.78 is 69.9. The van der Waals surface area contributed by atoms with Crippen LogP contribution in [-0.2, 0) is 0 Å². The number of fused-ring (bicyclic) bond motifs is 1. The third-order valence-corrected chi connectivity index (χ3v) is 8.71. The first-order chi connectivity index (χ1) is 17.2. The number of halogens is 5. The largest absolute Gasteiger partial charge is 0.573 e. The molecule has 0 aromatic heterocycles. The molecule has 2 aliphatic carbocycles. The van der Waals surface area contributed by atoms with Crippen molar-refractivity contribution >= 4 is 10.8 Å². The van der Waals surface area contributed by atoms with Crippen molar-refractivity contribution in [3.63, 3.8) is 0 Å². The summed E-state index contributed by atoms with van der Waals surface area (Å²) >= 11 is 0. The van der Waals surface area contributed by atoms with E-state index >= 15 is 0 Å². The summed E-state index contributed by atoms with van der Waals surface area (Å²) in [6, 6.07) is 5.88. The van der Waals surface area contributed by atoms with Gasteiger partial charge >= 0.3 is 6.36 Å². The number of unbranched alkanes of at least 4 members (excludes halogenated alkanes) is 2. The lowest BCUT2D eigenvalue weighted by molar-refractivity contribution is -0.276. The highest BCUT2D eigenvalue weighted by molar-refractivity contribution is 5.85. The van der Waals surface area contributed by atoms with Crippen molar-refractivity contribution in [2.45, 2.75) is 109 Å². The Balaban J connectivity index is 1.27. The first-order valence-corrected chi connectivity index (χ1v) is 13.9. The van der Waals surface area contributed by atoms with Crippen LogP contribution in [-0.4, -0.2) is 6.36 Å². The van der Waals surface area contributed by atoms with E-state index in [1.165, 1.54) is 70.3 Å². The van der Waals surface area contributed by atoms with Gasteiger partial charge in [0, 0.05) is 5.39 Å². The molecule has 200 valence electrons. The van der Waals surface area contributed by atoms with Gasteiger partial charge in [-0.1, -0.05) is 89.3 Å². The first-order valence-electron chi connectivity index (χ1n) is 13.9. The first kappa shape index (κ1) is 27.2. The standard InChI is InChI=1S/C30H39F5O/c1-2-3-4-5-20-6-8-21(9-7-20)10-11-22-12-14-23(15-13-22)24-16-17-26-25(18-24)19-27(31)29(28(26)32)36-30(33,34)35/h16-23H,2-15H2,1H3/t20-,21-,22?,23?. The number of alkyl halides is 3. The minimum absolute atomic E-state index is 0.0619. The molecule has 2 fully saturated rings. The summed E-state index contributed by atoms with van der Waals surface area (Å²) in [7, 11) is 0. The molecule has 2 aromatic carbocycles. The SMILES string of the molecule is CCCCC[C@H]1CC[C@H](CCC2CCC(c3ccc4c(F)c(OC(F)(F)F)c(F)cc4c3)CC2)CC1. The highest BCUT2D eigenvalue weighted by Gasteiger charge is 2.34. The molecule has 6 heteroatoms. The number of hydrogen-bond acceptors (Lipinski definition) is 1. The van der Waals surface area contributed by atoms with Gasteiger partial charge in [0.25, 0.3) is 0 Å². The van der Waals surface area contributed by atoms with E-state index in [0.717, 1.165) is 55.1 Å². The van der Waals surface area contributed by atoms with E-state index in [-0.39, 0.29) is 10.8 Å². The topological polar surface area (TPSA) is 9.23 Å². The Hall–Kier alpha value is -1.85. The summed E-state index contributed by atoms with van der Waals surface area (Å²) in [6.45, 7) is 2.27. The van der Waals surface area contributed by atoms with Gasteiger partial charge in [0.1, 0.15) is 0 Å². The zero-order valence-electron chi connectivity index (χ0n) is 21.3. The average molecular weight is 511 g/mol. The van der Waals surface area contributed by atoms with Gasteiger partial charge in [0.05, 0.1) is 0 Å². The van der Waals surface area contributed by atoms with Gasteiger partial charge in [-0.05, 0) is 66.4 Å². The van der Waals surface area contributed by atoms with Crippen molar-refractivity contribution in [3.8, 4) is 5.75 Å². The predicted molar refractivity (Wildman–Crippen MR) is 134 cm³/mol. The fourth-order valence-electron chi connectivity index (χ4n) is 6.54. The summed E-state index contributed by atoms with van der Waals surface area (Å²) in [5.41, 5.74) is 1.01. The molecule has 0 heterocycles. The number of ether oxygens (including phenoxy) is 1. The van der Waals surface area contributed by atoms with Crippen LogP contribution in [0.1, 0.15) is 108 Å². The molecule has 0 spiro atoms. The van der Waals surface area contributed by atoms with Crippen molar-refractivity contribution in [2.24, 2.45) is 17.8 Å². The van der Waals surface area contributed by atoms with Crippen LogP contribution in [0.4, 0.5) is 22.0 Å². The molecule has 0 saturated heterocycles. The number of benzene rings is 2. The van der Waals surface area contributed by atoms with Crippen LogP contribution in [0.25, 0.3) is 10.8 Å². The molecule has 2 aromatic rings. The fourth-order valence-corrected chi connectivity index (χ4v) is 6.54. The van der Waals surface area contributed by atoms with Crippen LogP contribution < -0.4 is 4.74 Å². The smallest absolute Gasteiger partial charge is 0.399 e. The van der Waals surface area contributed by atoms with E-state index in [1.54, 1.807) is 12.1 Å². The number of hydrogen-bond donors (Lipinski definition) is 0. The third-order valence-electron chi connectivity index (χ3n) is 8.71. The molecule has 4 rings (SSSR count). The molecule has 0 atom stereocenters. The predicted octanol–water partition coefficient (Wildman–Crippen LogP) is 10.5. The second-order valence-electron chi connectivity index (χ2n) is 11.2. The van der Waals surface area contributed by atoms with Gasteiger partial charge in [0.15, 0.2) is 11.6 Å². The lowest BCUT2D eigenvalue weighted by atomic mass is 9.74. The third kappa shape index (κ3) is 7.13. The molecule has 2 aliphatic rings. The molecule has 0 bridgehead atoms. The quantitative estimate of drug-likeness (QED) is 0.241. The van der Waals surface area contributed by atoms with E-state index in [2.05, 4.69) is 11.7 Å². The second-order valence-corrected chi connectivity index (χ2v) is 11.2. The zero-order valence-corrected chi connectivity index (χ0v) is 21.3. The summed E-state index contributed by atoms with van der Waals surface area (Å²) in [4.78, 5) is 0. The maximum absolute atomic E-state index is 14.5. The normalized spacial score (nSPS) is 25.3. The van der Waals surface area contributed by atoms with Gasteiger partial charge in [-0.3, -0.25) is 0 Å². The van der Waals surface area contributed by atoms with Crippen LogP contribution in [0.5, 0.6) is 5.75 Å². The Morgan fingerprint density at radius 1 is 0.778 bits per heavy atom. The van der Waals surface area contributed by atoms with Gasteiger partial charge in [-0.15, -0.1) is 13.2 Å². The van der Waals surface area contributed by atoms with Crippen LogP contribution in [0.2, 0.25) is 0 Å². The maximum atomic E-state index is 14.5. The molecular weight excluding hydrogens is 471 g/mol. The van der Waals surface area contributed by atoms with Crippen LogP contribution in [0.15, 0.2) is 24.3 Å². The molecule has 2 saturated carbocycles. The molecule has 1 nitrogen and oxygen atoms in total. The highest BCUT2D eigenvalue weighted by Crippen LogP contribution is 2.42. The van der Waals surface area contributed by atoms with Crippen molar-refractivity contribution < 1.29 is 26.7 Å². The van der Waals surface area contributed by atoms with Crippen LogP contribution >= 0.6 is 0 Å². The molecule has 36 heavy (non-hydrogen) atoms. The van der Waals surface area contributed by atoms with Gasteiger partial charge < -0.3 is 4.74 Å². The minimum Gasteiger partial charge on any atom is -0.399 e. The van der Waals surface area contributed by atoms with Crippen molar-refractivity contribution in [1.29, 1.82) is 0 Å². The maximum Gasteiger partial charge on any atom is 0.573 e. The Morgan fingerprint density at radius 3 is 1.94 bits per heavy atom. The lowest BCUT2D eigenvalue weighted by Gasteiger charge is -2.32. The fraction of sp³-hybridized carbons (Fsp3) is 0.667. The molecule has 0 unspecified atom stereocenters. The van der Waals surface area contributed by atoms with Gasteiger partial charge in [-0.25, -0.2) is 8.78 Å². The van der Waals surface area contributed by atoms with Crippen molar-refractivity contribution in [3.05, 3.63) is 41.5 Å². The van der Waals surface area contributed by atoms with E-state index in [0.29, 0.717) is 5.92 Å². The van der Waals surface area contributed by atoms with Crippen LogP contribution in [0, 0.1) is 29.4 Å². The average Bonchev–Trinajstić information content (AvgIpc) is 2.86. The van der Waals surface area contributed by atoms with Gasteiger partial charge in [0.2, 0.25) is 5.75 Å². The monoisotopic (exact) mass is 510 g/mol. The Bertz CT molecular complexity index is 985. The van der Waals surface area contributed by atoms with E-state index in [1.807, 2.05) is 0 Å².